The summed E-state index contributed by atoms with van der Waals surface area (Å²) in [5, 5.41) is 18.5. The van der Waals surface area contributed by atoms with Gasteiger partial charge in [-0.3, -0.25) is 9.59 Å². The minimum atomic E-state index is -0.465. The Labute approximate surface area is 118 Å². The van der Waals surface area contributed by atoms with E-state index in [1.165, 1.54) is 0 Å². The average molecular weight is 281 g/mol. The van der Waals surface area contributed by atoms with E-state index in [1.54, 1.807) is 0 Å². The summed E-state index contributed by atoms with van der Waals surface area (Å²) < 4.78 is 0. The van der Waals surface area contributed by atoms with Gasteiger partial charge in [0.05, 0.1) is 11.8 Å². The number of nitrogens with one attached hydrogen (secondary N) is 2. The van der Waals surface area contributed by atoms with Crippen LogP contribution in [0.2, 0.25) is 0 Å². The van der Waals surface area contributed by atoms with Gasteiger partial charge in [0.15, 0.2) is 0 Å². The Balaban J connectivity index is 2.89. The normalized spacial score (nSPS) is 12.2. The molecule has 1 unspecified atom stereocenters. The minimum absolute atomic E-state index is 0.144. The molecule has 6 nitrogen and oxygen atoms in total. The van der Waals surface area contributed by atoms with Gasteiger partial charge in [0, 0.05) is 6.54 Å². The number of H-pyrrole nitrogens is 1. The predicted octanol–water partition coefficient (Wildman–Crippen LogP) is 0.785. The lowest BCUT2D eigenvalue weighted by Crippen LogP contribution is -2.34. The van der Waals surface area contributed by atoms with Gasteiger partial charge in [0.1, 0.15) is 5.56 Å². The first-order valence-corrected chi connectivity index (χ1v) is 7.11. The van der Waals surface area contributed by atoms with Gasteiger partial charge < -0.3 is 10.4 Å². The van der Waals surface area contributed by atoms with Gasteiger partial charge in [-0.2, -0.15) is 5.10 Å². The predicted molar refractivity (Wildman–Crippen MR) is 76.9 cm³/mol. The van der Waals surface area contributed by atoms with Gasteiger partial charge in [0.25, 0.3) is 11.5 Å². The summed E-state index contributed by atoms with van der Waals surface area (Å²) in [6.45, 7) is 6.05. The maximum Gasteiger partial charge on any atom is 0.277 e. The number of aryl methyl sites for hydroxylation is 1. The minimum Gasteiger partial charge on any atom is -0.393 e. The van der Waals surface area contributed by atoms with Crippen molar-refractivity contribution < 1.29 is 9.90 Å². The zero-order valence-electron chi connectivity index (χ0n) is 12.3. The summed E-state index contributed by atoms with van der Waals surface area (Å²) in [6, 6.07) is 0. The molecular weight excluding hydrogens is 258 g/mol. The number of hydrogen-bond acceptors (Lipinski definition) is 4. The Bertz CT molecular complexity index is 511. The number of rotatable bonds is 7. The fourth-order valence-corrected chi connectivity index (χ4v) is 2.08. The molecule has 0 aromatic carbocycles. The molecule has 1 atom stereocenters. The number of carbonyl (C=O) groups excluding carboxylic acids is 1. The van der Waals surface area contributed by atoms with Crippen molar-refractivity contribution in [2.75, 3.05) is 6.54 Å². The Morgan fingerprint density at radius 1 is 1.35 bits per heavy atom. The molecule has 1 amide bonds. The third-order valence-corrected chi connectivity index (χ3v) is 3.32. The maximum atomic E-state index is 12.1. The first kappa shape index (κ1) is 16.4. The van der Waals surface area contributed by atoms with E-state index in [1.807, 2.05) is 20.8 Å². The second-order valence-corrected chi connectivity index (χ2v) is 4.67. The van der Waals surface area contributed by atoms with Crippen molar-refractivity contribution in [2.24, 2.45) is 0 Å². The molecule has 3 N–H and O–H groups in total. The van der Waals surface area contributed by atoms with E-state index in [0.29, 0.717) is 37.8 Å². The second-order valence-electron chi connectivity index (χ2n) is 4.67. The molecule has 20 heavy (non-hydrogen) atoms. The third kappa shape index (κ3) is 3.90. The van der Waals surface area contributed by atoms with Crippen LogP contribution in [-0.4, -0.2) is 33.9 Å². The van der Waals surface area contributed by atoms with Crippen LogP contribution in [0.1, 0.15) is 55.2 Å². The van der Waals surface area contributed by atoms with Crippen LogP contribution in [-0.2, 0) is 12.8 Å². The number of amides is 1. The van der Waals surface area contributed by atoms with Gasteiger partial charge in [-0.05, 0) is 31.2 Å². The largest absolute Gasteiger partial charge is 0.393 e. The highest BCUT2D eigenvalue weighted by Gasteiger charge is 2.18. The van der Waals surface area contributed by atoms with Gasteiger partial charge >= 0.3 is 0 Å². The molecule has 0 radical (unpaired) electrons. The molecule has 6 heteroatoms. The summed E-state index contributed by atoms with van der Waals surface area (Å²) in [7, 11) is 0. The van der Waals surface area contributed by atoms with E-state index in [0.717, 1.165) is 5.69 Å². The fourth-order valence-electron chi connectivity index (χ4n) is 2.08. The number of nitrogens with zero attached hydrogens (tertiary/aromatic N) is 1. The number of hydrogen-bond donors (Lipinski definition) is 3. The zero-order valence-corrected chi connectivity index (χ0v) is 12.3. The van der Waals surface area contributed by atoms with Gasteiger partial charge in [0.2, 0.25) is 0 Å². The van der Waals surface area contributed by atoms with E-state index in [-0.39, 0.29) is 5.56 Å². The lowest BCUT2D eigenvalue weighted by Gasteiger charge is -2.12. The Kier molecular flexibility index (Phi) is 6.38. The molecule has 0 aliphatic carbocycles. The maximum absolute atomic E-state index is 12.1. The van der Waals surface area contributed by atoms with Crippen molar-refractivity contribution in [3.05, 3.63) is 27.2 Å². The van der Waals surface area contributed by atoms with Crippen LogP contribution in [0.4, 0.5) is 0 Å². The van der Waals surface area contributed by atoms with Crippen LogP contribution >= 0.6 is 0 Å². The van der Waals surface area contributed by atoms with E-state index in [4.69, 9.17) is 0 Å². The molecule has 0 aliphatic heterocycles. The first-order chi connectivity index (χ1) is 9.54. The Morgan fingerprint density at radius 3 is 2.60 bits per heavy atom. The number of aliphatic hydroxyl groups is 1. The van der Waals surface area contributed by atoms with Crippen molar-refractivity contribution in [3.63, 3.8) is 0 Å². The summed E-state index contributed by atoms with van der Waals surface area (Å²) in [4.78, 5) is 24.0. The molecule has 0 aliphatic rings. The van der Waals surface area contributed by atoms with E-state index >= 15 is 0 Å². The Morgan fingerprint density at radius 2 is 2.05 bits per heavy atom. The van der Waals surface area contributed by atoms with E-state index in [2.05, 4.69) is 15.5 Å². The molecule has 0 spiro atoms. The van der Waals surface area contributed by atoms with Crippen molar-refractivity contribution >= 4 is 5.91 Å². The van der Waals surface area contributed by atoms with Crippen molar-refractivity contribution in [3.8, 4) is 0 Å². The van der Waals surface area contributed by atoms with Gasteiger partial charge in [-0.25, -0.2) is 5.10 Å². The highest BCUT2D eigenvalue weighted by atomic mass is 16.3. The standard InChI is InChI=1S/C14H23N3O3/c1-4-9(18)7-8-15-13(19)12-10(5-2)11(6-3)16-17-14(12)20/h9,18H,4-8H2,1-3H3,(H,15,19)(H,17,20). The molecular formula is C14H23N3O3. The van der Waals surface area contributed by atoms with Crippen molar-refractivity contribution in [1.29, 1.82) is 0 Å². The Hall–Kier alpha value is -1.69. The number of carbonyl (C=O) groups is 1. The lowest BCUT2D eigenvalue weighted by atomic mass is 10.0. The number of aliphatic hydroxyl groups excluding tert-OH is 1. The molecule has 112 valence electrons. The molecule has 1 heterocycles. The second kappa shape index (κ2) is 7.79. The average Bonchev–Trinajstić information content (AvgIpc) is 2.46. The van der Waals surface area contributed by atoms with Crippen LogP contribution in [0.15, 0.2) is 4.79 Å². The molecule has 0 bridgehead atoms. The highest BCUT2D eigenvalue weighted by Crippen LogP contribution is 2.10. The molecule has 0 saturated carbocycles. The lowest BCUT2D eigenvalue weighted by molar-refractivity contribution is 0.0939. The quantitative estimate of drug-likeness (QED) is 0.688. The molecule has 0 saturated heterocycles. The zero-order chi connectivity index (χ0) is 15.1. The molecule has 1 aromatic heterocycles. The molecule has 1 rings (SSSR count). The van der Waals surface area contributed by atoms with Gasteiger partial charge in [-0.1, -0.05) is 20.8 Å². The van der Waals surface area contributed by atoms with Crippen molar-refractivity contribution in [2.45, 2.75) is 52.6 Å². The van der Waals surface area contributed by atoms with Crippen LogP contribution < -0.4 is 10.9 Å². The third-order valence-electron chi connectivity index (χ3n) is 3.32. The van der Waals surface area contributed by atoms with E-state index < -0.39 is 17.6 Å². The summed E-state index contributed by atoms with van der Waals surface area (Å²) in [5.41, 5.74) is 1.12. The summed E-state index contributed by atoms with van der Waals surface area (Å²) in [6.07, 6.45) is 1.94. The number of aromatic nitrogens is 2. The highest BCUT2D eigenvalue weighted by molar-refractivity contribution is 5.95. The summed E-state index contributed by atoms with van der Waals surface area (Å²) >= 11 is 0. The van der Waals surface area contributed by atoms with Crippen molar-refractivity contribution in [1.82, 2.24) is 15.5 Å². The van der Waals surface area contributed by atoms with Crippen LogP contribution in [0, 0.1) is 0 Å². The molecule has 0 fully saturated rings. The monoisotopic (exact) mass is 281 g/mol. The number of aromatic amines is 1. The summed E-state index contributed by atoms with van der Waals surface area (Å²) in [5.74, 6) is -0.400. The topological polar surface area (TPSA) is 95.1 Å². The SMILES string of the molecule is CCc1n[nH]c(=O)c(C(=O)NCCC(O)CC)c1CC. The smallest absolute Gasteiger partial charge is 0.277 e. The fraction of sp³-hybridized carbons (Fsp3) is 0.643. The first-order valence-electron chi connectivity index (χ1n) is 7.11. The van der Waals surface area contributed by atoms with Gasteiger partial charge in [-0.15, -0.1) is 0 Å². The van der Waals surface area contributed by atoms with Crippen LogP contribution in [0.3, 0.4) is 0 Å². The van der Waals surface area contributed by atoms with Crippen LogP contribution in [0.25, 0.3) is 0 Å². The van der Waals surface area contributed by atoms with E-state index in [9.17, 15) is 14.7 Å². The van der Waals surface area contributed by atoms with Crippen LogP contribution in [0.5, 0.6) is 0 Å². The molecule has 1 aromatic rings.